The Bertz CT molecular complexity index is 285. The van der Waals surface area contributed by atoms with Crippen molar-refractivity contribution in [1.82, 2.24) is 9.97 Å². The van der Waals surface area contributed by atoms with E-state index in [1.165, 1.54) is 0 Å². The number of aromatic nitrogens is 2. The second-order valence-electron chi connectivity index (χ2n) is 3.92. The fraction of sp³-hybridized carbons (Fsp3) is 0.636. The molecule has 82 valence electrons. The van der Waals surface area contributed by atoms with Crippen molar-refractivity contribution in [2.75, 3.05) is 19.8 Å². The van der Waals surface area contributed by atoms with Crippen molar-refractivity contribution in [3.63, 3.8) is 0 Å². The maximum absolute atomic E-state index is 5.83. The van der Waals surface area contributed by atoms with E-state index in [1.54, 1.807) is 12.4 Å². The highest BCUT2D eigenvalue weighted by Gasteiger charge is 2.25. The number of nitrogens with two attached hydrogens (primary N) is 1. The molecule has 1 aromatic rings. The maximum Gasteiger partial charge on any atom is 0.0632 e. The quantitative estimate of drug-likeness (QED) is 0.801. The molecule has 0 radical (unpaired) electrons. The summed E-state index contributed by atoms with van der Waals surface area (Å²) >= 11 is 0. The lowest BCUT2D eigenvalue weighted by atomic mass is 9.84. The molecule has 1 atom stereocenters. The minimum absolute atomic E-state index is 0.336. The van der Waals surface area contributed by atoms with Gasteiger partial charge in [-0.3, -0.25) is 9.97 Å². The maximum atomic E-state index is 5.83. The van der Waals surface area contributed by atoms with Crippen molar-refractivity contribution < 1.29 is 4.74 Å². The monoisotopic (exact) mass is 207 g/mol. The molecular formula is C11H17N3O. The Balaban J connectivity index is 2.09. The average molecular weight is 207 g/mol. The molecule has 0 bridgehead atoms. The topological polar surface area (TPSA) is 61.0 Å². The van der Waals surface area contributed by atoms with Gasteiger partial charge in [-0.25, -0.2) is 0 Å². The van der Waals surface area contributed by atoms with Crippen LogP contribution in [0.5, 0.6) is 0 Å². The van der Waals surface area contributed by atoms with E-state index < -0.39 is 0 Å². The summed E-state index contributed by atoms with van der Waals surface area (Å²) in [5.74, 6) is 0.933. The number of ether oxygens (including phenoxy) is 1. The Morgan fingerprint density at radius 1 is 1.40 bits per heavy atom. The first-order valence-electron chi connectivity index (χ1n) is 5.45. The third kappa shape index (κ3) is 2.52. The van der Waals surface area contributed by atoms with E-state index in [0.29, 0.717) is 18.4 Å². The summed E-state index contributed by atoms with van der Waals surface area (Å²) in [6.45, 7) is 2.34. The van der Waals surface area contributed by atoms with Gasteiger partial charge < -0.3 is 10.5 Å². The zero-order chi connectivity index (χ0) is 10.5. The number of hydrogen-bond acceptors (Lipinski definition) is 4. The standard InChI is InChI=1S/C11H17N3O/c12-7-10(9-1-5-15-6-2-9)11-8-13-3-4-14-11/h3-4,8-10H,1-2,5-7,12H2. The van der Waals surface area contributed by atoms with Crippen LogP contribution in [0.3, 0.4) is 0 Å². The van der Waals surface area contributed by atoms with E-state index in [4.69, 9.17) is 10.5 Å². The van der Waals surface area contributed by atoms with E-state index in [9.17, 15) is 0 Å². The van der Waals surface area contributed by atoms with Crippen LogP contribution in [0.2, 0.25) is 0 Å². The second kappa shape index (κ2) is 5.19. The third-order valence-corrected chi connectivity index (χ3v) is 3.05. The lowest BCUT2D eigenvalue weighted by molar-refractivity contribution is 0.0581. The van der Waals surface area contributed by atoms with Gasteiger partial charge in [0.15, 0.2) is 0 Å². The van der Waals surface area contributed by atoms with Crippen LogP contribution in [0.25, 0.3) is 0 Å². The van der Waals surface area contributed by atoms with Crippen LogP contribution < -0.4 is 5.73 Å². The largest absolute Gasteiger partial charge is 0.381 e. The lowest BCUT2D eigenvalue weighted by Crippen LogP contribution is -2.27. The zero-order valence-corrected chi connectivity index (χ0v) is 8.80. The lowest BCUT2D eigenvalue weighted by Gasteiger charge is -2.28. The fourth-order valence-corrected chi connectivity index (χ4v) is 2.17. The summed E-state index contributed by atoms with van der Waals surface area (Å²) < 4.78 is 5.35. The fourth-order valence-electron chi connectivity index (χ4n) is 2.17. The molecule has 4 heteroatoms. The minimum atomic E-state index is 0.336. The molecule has 1 aliphatic heterocycles. The van der Waals surface area contributed by atoms with Gasteiger partial charge in [-0.1, -0.05) is 0 Å². The van der Waals surface area contributed by atoms with Gasteiger partial charge in [-0.05, 0) is 18.8 Å². The minimum Gasteiger partial charge on any atom is -0.381 e. The van der Waals surface area contributed by atoms with Crippen molar-refractivity contribution >= 4 is 0 Å². The molecule has 15 heavy (non-hydrogen) atoms. The molecule has 0 amide bonds. The van der Waals surface area contributed by atoms with Gasteiger partial charge in [-0.15, -0.1) is 0 Å². The Hall–Kier alpha value is -1.00. The molecule has 0 aliphatic carbocycles. The van der Waals surface area contributed by atoms with Crippen molar-refractivity contribution in [2.24, 2.45) is 11.7 Å². The molecular weight excluding hydrogens is 190 g/mol. The summed E-state index contributed by atoms with van der Waals surface area (Å²) in [5.41, 5.74) is 6.85. The van der Waals surface area contributed by atoms with E-state index in [-0.39, 0.29) is 0 Å². The van der Waals surface area contributed by atoms with Gasteiger partial charge in [0, 0.05) is 44.3 Å². The van der Waals surface area contributed by atoms with E-state index in [2.05, 4.69) is 9.97 Å². The molecule has 1 unspecified atom stereocenters. The second-order valence-corrected chi connectivity index (χ2v) is 3.92. The van der Waals surface area contributed by atoms with Crippen molar-refractivity contribution in [2.45, 2.75) is 18.8 Å². The summed E-state index contributed by atoms with van der Waals surface area (Å²) in [6.07, 6.45) is 7.42. The molecule has 2 N–H and O–H groups in total. The summed E-state index contributed by atoms with van der Waals surface area (Å²) in [7, 11) is 0. The highest BCUT2D eigenvalue weighted by Crippen LogP contribution is 2.29. The van der Waals surface area contributed by atoms with E-state index in [1.807, 2.05) is 6.20 Å². The number of nitrogens with zero attached hydrogens (tertiary/aromatic N) is 2. The van der Waals surface area contributed by atoms with Crippen LogP contribution in [0, 0.1) is 5.92 Å². The molecule has 0 aromatic carbocycles. The van der Waals surface area contributed by atoms with E-state index >= 15 is 0 Å². The van der Waals surface area contributed by atoms with Crippen LogP contribution in [-0.2, 0) is 4.74 Å². The molecule has 0 saturated carbocycles. The van der Waals surface area contributed by atoms with Crippen molar-refractivity contribution in [3.05, 3.63) is 24.3 Å². The van der Waals surface area contributed by atoms with Gasteiger partial charge in [0.1, 0.15) is 0 Å². The summed E-state index contributed by atoms with van der Waals surface area (Å²) in [6, 6.07) is 0. The summed E-state index contributed by atoms with van der Waals surface area (Å²) in [4.78, 5) is 8.44. The predicted molar refractivity (Wildman–Crippen MR) is 57.4 cm³/mol. The Kier molecular flexibility index (Phi) is 3.64. The molecule has 1 fully saturated rings. The molecule has 1 aromatic heterocycles. The molecule has 4 nitrogen and oxygen atoms in total. The summed E-state index contributed by atoms with van der Waals surface area (Å²) in [5, 5.41) is 0. The van der Waals surface area contributed by atoms with Crippen molar-refractivity contribution in [3.8, 4) is 0 Å². The molecule has 1 aliphatic rings. The van der Waals surface area contributed by atoms with Crippen molar-refractivity contribution in [1.29, 1.82) is 0 Å². The van der Waals surface area contributed by atoms with Crippen LogP contribution >= 0.6 is 0 Å². The number of rotatable bonds is 3. The van der Waals surface area contributed by atoms with Gasteiger partial charge in [-0.2, -0.15) is 0 Å². The molecule has 0 spiro atoms. The van der Waals surface area contributed by atoms with Crippen LogP contribution in [0.15, 0.2) is 18.6 Å². The SMILES string of the molecule is NCC(c1cnccn1)C1CCOCC1. The van der Waals surface area contributed by atoms with Crippen LogP contribution in [-0.4, -0.2) is 29.7 Å². The zero-order valence-electron chi connectivity index (χ0n) is 8.80. The predicted octanol–water partition coefficient (Wildman–Crippen LogP) is 0.945. The van der Waals surface area contributed by atoms with E-state index in [0.717, 1.165) is 31.7 Å². The van der Waals surface area contributed by atoms with Crippen LogP contribution in [0.1, 0.15) is 24.5 Å². The first-order chi connectivity index (χ1) is 7.42. The Morgan fingerprint density at radius 2 is 2.20 bits per heavy atom. The molecule has 2 heterocycles. The first kappa shape index (κ1) is 10.5. The Labute approximate surface area is 89.9 Å². The van der Waals surface area contributed by atoms with Gasteiger partial charge in [0.05, 0.1) is 5.69 Å². The highest BCUT2D eigenvalue weighted by atomic mass is 16.5. The highest BCUT2D eigenvalue weighted by molar-refractivity contribution is 5.06. The van der Waals surface area contributed by atoms with Crippen LogP contribution in [0.4, 0.5) is 0 Å². The smallest absolute Gasteiger partial charge is 0.0632 e. The third-order valence-electron chi connectivity index (χ3n) is 3.05. The van der Waals surface area contributed by atoms with Gasteiger partial charge in [0.2, 0.25) is 0 Å². The van der Waals surface area contributed by atoms with Gasteiger partial charge in [0.25, 0.3) is 0 Å². The number of hydrogen-bond donors (Lipinski definition) is 1. The molecule has 2 rings (SSSR count). The molecule has 1 saturated heterocycles. The Morgan fingerprint density at radius 3 is 2.80 bits per heavy atom. The average Bonchev–Trinajstić information content (AvgIpc) is 2.33. The first-order valence-corrected chi connectivity index (χ1v) is 5.45. The van der Waals surface area contributed by atoms with Gasteiger partial charge >= 0.3 is 0 Å². The normalized spacial score (nSPS) is 20.1.